The summed E-state index contributed by atoms with van der Waals surface area (Å²) < 4.78 is 5.76. The molecule has 1 spiro atoms. The summed E-state index contributed by atoms with van der Waals surface area (Å²) in [5, 5.41) is 9.70. The maximum Gasteiger partial charge on any atom is 0.161 e. The van der Waals surface area contributed by atoms with E-state index in [1.165, 1.54) is 44.1 Å². The molecule has 0 bridgehead atoms. The largest absolute Gasteiger partial charge is 0.504 e. The van der Waals surface area contributed by atoms with Gasteiger partial charge in [0.25, 0.3) is 0 Å². The maximum atomic E-state index is 9.70. The highest BCUT2D eigenvalue weighted by Gasteiger charge is 2.33. The van der Waals surface area contributed by atoms with Crippen molar-refractivity contribution < 1.29 is 9.84 Å². The van der Waals surface area contributed by atoms with Crippen LogP contribution >= 0.6 is 0 Å². The third-order valence-electron chi connectivity index (χ3n) is 4.56. The van der Waals surface area contributed by atoms with Gasteiger partial charge in [0.1, 0.15) is 6.61 Å². The Morgan fingerprint density at radius 2 is 1.79 bits per heavy atom. The Bertz CT molecular complexity index is 470. The summed E-state index contributed by atoms with van der Waals surface area (Å²) in [6, 6.07) is 7.20. The number of aromatic hydroxyl groups is 1. The minimum Gasteiger partial charge on any atom is -0.504 e. The summed E-state index contributed by atoms with van der Waals surface area (Å²) in [5.41, 5.74) is 1.90. The van der Waals surface area contributed by atoms with Crippen molar-refractivity contribution in [3.05, 3.63) is 35.9 Å². The van der Waals surface area contributed by atoms with Gasteiger partial charge in [-0.15, -0.1) is 0 Å². The van der Waals surface area contributed by atoms with Crippen LogP contribution in [0.25, 0.3) is 0 Å². The van der Waals surface area contributed by atoms with Gasteiger partial charge in [-0.2, -0.15) is 0 Å². The Morgan fingerprint density at radius 3 is 2.58 bits per heavy atom. The first-order valence-electron chi connectivity index (χ1n) is 7.39. The Hall–Kier alpha value is -1.44. The van der Waals surface area contributed by atoms with Gasteiger partial charge in [0, 0.05) is 0 Å². The number of hydrogen-bond acceptors (Lipinski definition) is 2. The van der Waals surface area contributed by atoms with Gasteiger partial charge in [0.15, 0.2) is 11.5 Å². The number of para-hydroxylation sites is 2. The van der Waals surface area contributed by atoms with Crippen LogP contribution in [-0.4, -0.2) is 11.7 Å². The molecule has 1 aromatic carbocycles. The molecule has 19 heavy (non-hydrogen) atoms. The highest BCUT2D eigenvalue weighted by molar-refractivity contribution is 5.38. The second-order valence-electron chi connectivity index (χ2n) is 5.98. The third-order valence-corrected chi connectivity index (χ3v) is 4.56. The van der Waals surface area contributed by atoms with Crippen molar-refractivity contribution in [1.82, 2.24) is 0 Å². The summed E-state index contributed by atoms with van der Waals surface area (Å²) in [6.07, 6.45) is 11.7. The van der Waals surface area contributed by atoms with Crippen molar-refractivity contribution in [3.8, 4) is 11.5 Å². The number of hydrogen-bond donors (Lipinski definition) is 1. The lowest BCUT2D eigenvalue weighted by molar-refractivity contribution is 0.292. The summed E-state index contributed by atoms with van der Waals surface area (Å²) in [7, 11) is 0. The molecule has 0 atom stereocenters. The van der Waals surface area contributed by atoms with Crippen LogP contribution in [0, 0.1) is 5.41 Å². The lowest BCUT2D eigenvalue weighted by atomic mass is 9.75. The zero-order chi connectivity index (χ0) is 13.1. The number of allylic oxidation sites excluding steroid dienone is 1. The monoisotopic (exact) mass is 258 g/mol. The molecule has 0 unspecified atom stereocenters. The molecule has 0 radical (unpaired) electrons. The van der Waals surface area contributed by atoms with Gasteiger partial charge >= 0.3 is 0 Å². The SMILES string of the molecule is Oc1ccccc1OCC1=CC2(CCCC2)CCC1. The minimum absolute atomic E-state index is 0.231. The first kappa shape index (κ1) is 12.6. The smallest absolute Gasteiger partial charge is 0.161 e. The van der Waals surface area contributed by atoms with Crippen LogP contribution in [0.3, 0.4) is 0 Å². The lowest BCUT2D eigenvalue weighted by Gasteiger charge is -2.31. The molecule has 1 fully saturated rings. The Morgan fingerprint density at radius 1 is 1.05 bits per heavy atom. The van der Waals surface area contributed by atoms with Gasteiger partial charge in [-0.1, -0.05) is 31.1 Å². The molecule has 2 aliphatic rings. The van der Waals surface area contributed by atoms with E-state index in [0.29, 0.717) is 17.8 Å². The van der Waals surface area contributed by atoms with Crippen LogP contribution in [0.15, 0.2) is 35.9 Å². The average molecular weight is 258 g/mol. The molecule has 1 saturated carbocycles. The van der Waals surface area contributed by atoms with E-state index in [-0.39, 0.29) is 5.75 Å². The molecule has 102 valence electrons. The molecule has 2 nitrogen and oxygen atoms in total. The van der Waals surface area contributed by atoms with E-state index < -0.39 is 0 Å². The zero-order valence-electron chi connectivity index (χ0n) is 11.4. The van der Waals surface area contributed by atoms with E-state index in [0.717, 1.165) is 6.42 Å². The number of phenols is 1. The van der Waals surface area contributed by atoms with Gasteiger partial charge in [0.2, 0.25) is 0 Å². The summed E-state index contributed by atoms with van der Waals surface area (Å²) in [5.74, 6) is 0.823. The van der Waals surface area contributed by atoms with Crippen molar-refractivity contribution in [2.24, 2.45) is 5.41 Å². The number of benzene rings is 1. The molecule has 3 rings (SSSR count). The zero-order valence-corrected chi connectivity index (χ0v) is 11.4. The van der Waals surface area contributed by atoms with E-state index in [9.17, 15) is 5.11 Å². The Labute approximate surface area is 115 Å². The lowest BCUT2D eigenvalue weighted by Crippen LogP contribution is -2.19. The highest BCUT2D eigenvalue weighted by atomic mass is 16.5. The molecule has 0 aliphatic heterocycles. The van der Waals surface area contributed by atoms with Gasteiger partial charge in [-0.05, 0) is 55.2 Å². The molecule has 0 amide bonds. The van der Waals surface area contributed by atoms with Crippen LogP contribution in [0.5, 0.6) is 11.5 Å². The fourth-order valence-electron chi connectivity index (χ4n) is 3.58. The van der Waals surface area contributed by atoms with Crippen molar-refractivity contribution in [2.45, 2.75) is 44.9 Å². The quantitative estimate of drug-likeness (QED) is 0.812. The summed E-state index contributed by atoms with van der Waals surface area (Å²) in [6.45, 7) is 0.624. The molecule has 1 aromatic rings. The van der Waals surface area contributed by atoms with Crippen LogP contribution in [-0.2, 0) is 0 Å². The van der Waals surface area contributed by atoms with Gasteiger partial charge in [0.05, 0.1) is 0 Å². The van der Waals surface area contributed by atoms with Crippen molar-refractivity contribution >= 4 is 0 Å². The molecule has 0 heterocycles. The van der Waals surface area contributed by atoms with E-state index in [4.69, 9.17) is 4.74 Å². The summed E-state index contributed by atoms with van der Waals surface area (Å²) in [4.78, 5) is 0. The molecule has 0 aromatic heterocycles. The molecular weight excluding hydrogens is 236 g/mol. The topological polar surface area (TPSA) is 29.5 Å². The second-order valence-corrected chi connectivity index (χ2v) is 5.98. The average Bonchev–Trinajstić information content (AvgIpc) is 2.86. The molecule has 0 saturated heterocycles. The predicted molar refractivity (Wildman–Crippen MR) is 76.4 cm³/mol. The normalized spacial score (nSPS) is 21.4. The Balaban J connectivity index is 1.66. The molecular formula is C17H22O2. The first-order valence-corrected chi connectivity index (χ1v) is 7.39. The van der Waals surface area contributed by atoms with E-state index in [1.807, 2.05) is 18.2 Å². The van der Waals surface area contributed by atoms with Crippen molar-refractivity contribution in [2.75, 3.05) is 6.61 Å². The van der Waals surface area contributed by atoms with Crippen molar-refractivity contribution in [1.29, 1.82) is 0 Å². The van der Waals surface area contributed by atoms with E-state index >= 15 is 0 Å². The fourth-order valence-corrected chi connectivity index (χ4v) is 3.58. The van der Waals surface area contributed by atoms with E-state index in [1.54, 1.807) is 6.07 Å². The van der Waals surface area contributed by atoms with Gasteiger partial charge in [-0.3, -0.25) is 0 Å². The van der Waals surface area contributed by atoms with Crippen molar-refractivity contribution in [3.63, 3.8) is 0 Å². The van der Waals surface area contributed by atoms with Crippen LogP contribution in [0.2, 0.25) is 0 Å². The molecule has 2 aliphatic carbocycles. The van der Waals surface area contributed by atoms with Gasteiger partial charge in [-0.25, -0.2) is 0 Å². The van der Waals surface area contributed by atoms with Crippen LogP contribution in [0.4, 0.5) is 0 Å². The fraction of sp³-hybridized carbons (Fsp3) is 0.529. The minimum atomic E-state index is 0.231. The summed E-state index contributed by atoms with van der Waals surface area (Å²) >= 11 is 0. The molecule has 1 N–H and O–H groups in total. The highest BCUT2D eigenvalue weighted by Crippen LogP contribution is 2.47. The van der Waals surface area contributed by atoms with Gasteiger partial charge < -0.3 is 9.84 Å². The maximum absolute atomic E-state index is 9.70. The standard InChI is InChI=1S/C17H22O2/c18-15-7-1-2-8-16(15)19-13-14-6-5-11-17(12-14)9-3-4-10-17/h1-2,7-8,12,18H,3-6,9-11,13H2. The number of phenolic OH excluding ortho intramolecular Hbond substituents is 1. The Kier molecular flexibility index (Phi) is 3.50. The van der Waals surface area contributed by atoms with E-state index in [2.05, 4.69) is 6.08 Å². The predicted octanol–water partition coefficient (Wildman–Crippen LogP) is 4.44. The first-order chi connectivity index (χ1) is 9.27. The van der Waals surface area contributed by atoms with Crippen LogP contribution in [0.1, 0.15) is 44.9 Å². The number of ether oxygens (including phenoxy) is 1. The third kappa shape index (κ3) is 2.78. The van der Waals surface area contributed by atoms with Crippen LogP contribution < -0.4 is 4.74 Å². The number of rotatable bonds is 3. The molecule has 2 heteroatoms. The second kappa shape index (κ2) is 5.28.